The van der Waals surface area contributed by atoms with Crippen LogP contribution < -0.4 is 4.74 Å². The summed E-state index contributed by atoms with van der Waals surface area (Å²) in [5, 5.41) is 0. The fraction of sp³-hybridized carbons (Fsp3) is 0.192. The molecule has 160 valence electrons. The normalized spacial score (nSPS) is 12.2. The molecule has 3 rings (SSSR count). The van der Waals surface area contributed by atoms with Gasteiger partial charge in [-0.25, -0.2) is 8.78 Å². The highest BCUT2D eigenvalue weighted by molar-refractivity contribution is 5.76. The fourth-order valence-corrected chi connectivity index (χ4v) is 2.94. The van der Waals surface area contributed by atoms with Crippen LogP contribution in [0.15, 0.2) is 78.9 Å². The Balaban J connectivity index is 1.65. The van der Waals surface area contributed by atoms with Gasteiger partial charge in [-0.3, -0.25) is 4.79 Å². The molecule has 3 nitrogen and oxygen atoms in total. The molecule has 3 aromatic rings. The van der Waals surface area contributed by atoms with Gasteiger partial charge < -0.3 is 9.47 Å². The van der Waals surface area contributed by atoms with Crippen LogP contribution in [0.4, 0.5) is 8.78 Å². The molecule has 0 aliphatic carbocycles. The monoisotopic (exact) mass is 422 g/mol. The molecule has 0 bridgehead atoms. The van der Waals surface area contributed by atoms with Crippen LogP contribution in [0.25, 0.3) is 6.08 Å². The van der Waals surface area contributed by atoms with Gasteiger partial charge in [0.2, 0.25) is 0 Å². The van der Waals surface area contributed by atoms with E-state index in [-0.39, 0.29) is 30.1 Å². The maximum atomic E-state index is 14.1. The number of esters is 1. The molecule has 0 saturated heterocycles. The van der Waals surface area contributed by atoms with Crippen molar-refractivity contribution >= 4 is 12.0 Å². The summed E-state index contributed by atoms with van der Waals surface area (Å²) in [6, 6.07) is 19.3. The number of hydrogen-bond donors (Lipinski definition) is 0. The maximum absolute atomic E-state index is 14.1. The third-order valence-electron chi connectivity index (χ3n) is 4.70. The first-order valence-corrected chi connectivity index (χ1v) is 10.0. The quantitative estimate of drug-likeness (QED) is 0.375. The summed E-state index contributed by atoms with van der Waals surface area (Å²) < 4.78 is 38.2. The van der Waals surface area contributed by atoms with Gasteiger partial charge in [-0.15, -0.1) is 0 Å². The Labute approximate surface area is 180 Å². The largest absolute Gasteiger partial charge is 0.460 e. The Hall–Kier alpha value is -3.47. The molecule has 0 radical (unpaired) electrons. The van der Waals surface area contributed by atoms with E-state index < -0.39 is 11.7 Å². The molecule has 0 heterocycles. The topological polar surface area (TPSA) is 35.5 Å². The number of benzene rings is 3. The first kappa shape index (κ1) is 22.2. The van der Waals surface area contributed by atoms with Crippen LogP contribution in [0.5, 0.6) is 11.5 Å². The zero-order chi connectivity index (χ0) is 22.2. The first-order chi connectivity index (χ1) is 14.9. The molecular formula is C26H24F2O3. The molecule has 0 fully saturated rings. The number of rotatable bonds is 8. The molecule has 0 aliphatic rings. The van der Waals surface area contributed by atoms with Crippen LogP contribution in [0.1, 0.15) is 25.0 Å². The lowest BCUT2D eigenvalue weighted by Crippen LogP contribution is -2.20. The van der Waals surface area contributed by atoms with Crippen molar-refractivity contribution in [2.24, 2.45) is 11.8 Å². The zero-order valence-corrected chi connectivity index (χ0v) is 17.4. The van der Waals surface area contributed by atoms with Crippen LogP contribution in [0.3, 0.4) is 0 Å². The van der Waals surface area contributed by atoms with Gasteiger partial charge >= 0.3 is 5.97 Å². The van der Waals surface area contributed by atoms with Gasteiger partial charge in [0.25, 0.3) is 0 Å². The molecular weight excluding hydrogens is 398 g/mol. The molecule has 5 heteroatoms. The van der Waals surface area contributed by atoms with E-state index in [0.717, 1.165) is 5.56 Å². The first-order valence-electron chi connectivity index (χ1n) is 10.0. The van der Waals surface area contributed by atoms with Crippen molar-refractivity contribution in [2.45, 2.75) is 20.5 Å². The number of carbonyl (C=O) groups excluding carboxylic acids is 1. The second-order valence-electron chi connectivity index (χ2n) is 7.47. The third-order valence-corrected chi connectivity index (χ3v) is 4.70. The van der Waals surface area contributed by atoms with E-state index in [4.69, 9.17) is 9.47 Å². The molecule has 31 heavy (non-hydrogen) atoms. The van der Waals surface area contributed by atoms with Gasteiger partial charge in [-0.1, -0.05) is 62.4 Å². The molecule has 0 N–H and O–H groups in total. The van der Waals surface area contributed by atoms with E-state index in [1.807, 2.05) is 19.9 Å². The number of ether oxygens (including phenoxy) is 2. The number of halogens is 2. The Morgan fingerprint density at radius 3 is 2.35 bits per heavy atom. The van der Waals surface area contributed by atoms with Crippen molar-refractivity contribution in [1.82, 2.24) is 0 Å². The van der Waals surface area contributed by atoms with Crippen LogP contribution in [-0.2, 0) is 16.1 Å². The molecule has 0 saturated carbocycles. The van der Waals surface area contributed by atoms with Crippen molar-refractivity contribution in [3.8, 4) is 11.5 Å². The Bertz CT molecular complexity index is 1030. The minimum Gasteiger partial charge on any atom is -0.460 e. The highest BCUT2D eigenvalue weighted by Gasteiger charge is 2.21. The van der Waals surface area contributed by atoms with Crippen LogP contribution in [-0.4, -0.2) is 5.97 Å². The number of carbonyl (C=O) groups is 1. The molecule has 0 aliphatic heterocycles. The minimum absolute atomic E-state index is 0.00211. The summed E-state index contributed by atoms with van der Waals surface area (Å²) in [7, 11) is 0. The molecule has 3 aromatic carbocycles. The summed E-state index contributed by atoms with van der Waals surface area (Å²) in [6.45, 7) is 3.84. The van der Waals surface area contributed by atoms with Gasteiger partial charge in [0.05, 0.1) is 5.92 Å². The highest BCUT2D eigenvalue weighted by Crippen LogP contribution is 2.26. The van der Waals surface area contributed by atoms with E-state index in [2.05, 4.69) is 0 Å². The van der Waals surface area contributed by atoms with E-state index >= 15 is 0 Å². The second kappa shape index (κ2) is 10.5. The average molecular weight is 422 g/mol. The van der Waals surface area contributed by atoms with Gasteiger partial charge in [0.15, 0.2) is 11.6 Å². The summed E-state index contributed by atoms with van der Waals surface area (Å²) in [6.07, 6.45) is 3.53. The maximum Gasteiger partial charge on any atom is 0.313 e. The Morgan fingerprint density at radius 2 is 1.68 bits per heavy atom. The highest BCUT2D eigenvalue weighted by atomic mass is 19.1. The second-order valence-corrected chi connectivity index (χ2v) is 7.47. The van der Waals surface area contributed by atoms with Crippen molar-refractivity contribution < 1.29 is 23.0 Å². The SMILES string of the molecule is CC(C)C(C=Cc1ccc(F)cc1)C(=O)OCc1ccc(F)c(Oc2ccccc2)c1. The van der Waals surface area contributed by atoms with Gasteiger partial charge in [0, 0.05) is 0 Å². The van der Waals surface area contributed by atoms with Crippen molar-refractivity contribution in [1.29, 1.82) is 0 Å². The molecule has 0 spiro atoms. The van der Waals surface area contributed by atoms with Gasteiger partial charge in [-0.05, 0) is 53.4 Å². The predicted molar refractivity (Wildman–Crippen MR) is 116 cm³/mol. The van der Waals surface area contributed by atoms with Crippen molar-refractivity contribution in [3.63, 3.8) is 0 Å². The Kier molecular flexibility index (Phi) is 7.55. The fourth-order valence-electron chi connectivity index (χ4n) is 2.94. The van der Waals surface area contributed by atoms with Crippen molar-refractivity contribution in [2.75, 3.05) is 0 Å². The zero-order valence-electron chi connectivity index (χ0n) is 17.4. The molecule has 0 aromatic heterocycles. The lowest BCUT2D eigenvalue weighted by atomic mass is 9.95. The summed E-state index contributed by atoms with van der Waals surface area (Å²) in [4.78, 5) is 12.6. The van der Waals surface area contributed by atoms with E-state index in [1.54, 1.807) is 54.6 Å². The summed E-state index contributed by atoms with van der Waals surface area (Å²) in [5.74, 6) is -1.08. The van der Waals surface area contributed by atoms with Crippen LogP contribution in [0.2, 0.25) is 0 Å². The van der Waals surface area contributed by atoms with Gasteiger partial charge in [0.1, 0.15) is 18.2 Å². The lowest BCUT2D eigenvalue weighted by Gasteiger charge is -2.16. The third kappa shape index (κ3) is 6.51. The minimum atomic E-state index is -0.499. The van der Waals surface area contributed by atoms with Crippen LogP contribution in [0, 0.1) is 23.5 Å². The van der Waals surface area contributed by atoms with E-state index in [0.29, 0.717) is 11.3 Å². The average Bonchev–Trinajstić information content (AvgIpc) is 2.76. The number of hydrogen-bond acceptors (Lipinski definition) is 3. The van der Waals surface area contributed by atoms with E-state index in [9.17, 15) is 13.6 Å². The smallest absolute Gasteiger partial charge is 0.313 e. The Morgan fingerprint density at radius 1 is 0.968 bits per heavy atom. The molecule has 1 unspecified atom stereocenters. The summed E-state index contributed by atoms with van der Waals surface area (Å²) in [5.41, 5.74) is 1.41. The standard InChI is InChI=1S/C26H24F2O3/c1-18(2)23(14-10-19-8-12-21(27)13-9-19)26(29)30-17-20-11-15-24(28)25(16-20)31-22-6-4-3-5-7-22/h3-16,18,23H,17H2,1-2H3. The predicted octanol–water partition coefficient (Wildman–Crippen LogP) is 6.79. The van der Waals surface area contributed by atoms with Crippen molar-refractivity contribution in [3.05, 3.63) is 102 Å². The van der Waals surface area contributed by atoms with E-state index in [1.165, 1.54) is 24.3 Å². The van der Waals surface area contributed by atoms with Gasteiger partial charge in [-0.2, -0.15) is 0 Å². The molecule has 1 atom stereocenters. The number of para-hydroxylation sites is 1. The molecule has 0 amide bonds. The lowest BCUT2D eigenvalue weighted by molar-refractivity contribution is -0.149. The van der Waals surface area contributed by atoms with Crippen LogP contribution >= 0.6 is 0 Å². The summed E-state index contributed by atoms with van der Waals surface area (Å²) >= 11 is 0.